The number of hydrogen-bond acceptors (Lipinski definition) is 7. The normalized spacial score (nSPS) is 11.5. The smallest absolute Gasteiger partial charge is 0.265 e. The summed E-state index contributed by atoms with van der Waals surface area (Å²) in [7, 11) is -1.87. The fourth-order valence-electron chi connectivity index (χ4n) is 4.00. The molecule has 0 spiro atoms. The maximum Gasteiger partial charge on any atom is 0.265 e. The van der Waals surface area contributed by atoms with Crippen LogP contribution in [0.4, 0.5) is 0 Å². The van der Waals surface area contributed by atoms with Crippen LogP contribution in [0.3, 0.4) is 0 Å². The van der Waals surface area contributed by atoms with Crippen LogP contribution < -0.4 is 5.56 Å². The number of fused-ring (bicyclic) bond motifs is 1. The van der Waals surface area contributed by atoms with E-state index in [1.165, 1.54) is 24.1 Å². The molecule has 0 bridgehead atoms. The summed E-state index contributed by atoms with van der Waals surface area (Å²) in [4.78, 5) is 34.9. The predicted molar refractivity (Wildman–Crippen MR) is 139 cm³/mol. The number of carbonyl (C=O) groups excluding carboxylic acids is 1. The number of hydrogen-bond donors (Lipinski definition) is 2. The average Bonchev–Trinajstić information content (AvgIpc) is 2.86. The van der Waals surface area contributed by atoms with Crippen LogP contribution in [0.25, 0.3) is 11.0 Å². The molecule has 0 saturated carbocycles. The van der Waals surface area contributed by atoms with Gasteiger partial charge in [-0.05, 0) is 41.3 Å². The van der Waals surface area contributed by atoms with Crippen LogP contribution >= 0.6 is 0 Å². The van der Waals surface area contributed by atoms with Gasteiger partial charge in [-0.1, -0.05) is 42.5 Å². The summed E-state index contributed by atoms with van der Waals surface area (Å²) >= 11 is 0. The third-order valence-corrected chi connectivity index (χ3v) is 7.05. The Hall–Kier alpha value is -4.02. The van der Waals surface area contributed by atoms with Crippen molar-refractivity contribution in [2.45, 2.75) is 17.9 Å². The van der Waals surface area contributed by atoms with Gasteiger partial charge >= 0.3 is 0 Å². The standard InChI is InChI=1S/C27H27N3O6S/c1-36-13-12-30(17-19-8-10-21(11-9-19)37(2,34)35)27(33)23-25(31)24-22(29-26(23)32)15-20(16-28-24)14-18-6-4-3-5-7-18/h3-11,15-16H,12-14,17H2,1-2H3,(H2,29,31,32). The topological polar surface area (TPSA) is 130 Å². The van der Waals surface area contributed by atoms with Crippen LogP contribution in [0.2, 0.25) is 0 Å². The Kier molecular flexibility index (Phi) is 7.70. The first-order chi connectivity index (χ1) is 17.7. The molecule has 0 radical (unpaired) electrons. The SMILES string of the molecule is COCCN(Cc1ccc(S(C)(=O)=O)cc1)C(=O)c1c(O)c2ncc(Cc3ccccc3)cc2[nH]c1=O. The Morgan fingerprint density at radius 3 is 2.41 bits per heavy atom. The molecule has 37 heavy (non-hydrogen) atoms. The summed E-state index contributed by atoms with van der Waals surface area (Å²) in [5.41, 5.74) is 1.85. The Balaban J connectivity index is 1.65. The quantitative estimate of drug-likeness (QED) is 0.346. The lowest BCUT2D eigenvalue weighted by atomic mass is 10.1. The van der Waals surface area contributed by atoms with Gasteiger partial charge in [0, 0.05) is 32.7 Å². The molecule has 1 amide bonds. The number of rotatable bonds is 9. The molecule has 2 aromatic heterocycles. The molecule has 0 unspecified atom stereocenters. The highest BCUT2D eigenvalue weighted by molar-refractivity contribution is 7.90. The van der Waals surface area contributed by atoms with E-state index >= 15 is 0 Å². The zero-order chi connectivity index (χ0) is 26.6. The Bertz CT molecular complexity index is 1580. The number of amides is 1. The second-order valence-electron chi connectivity index (χ2n) is 8.72. The molecule has 0 saturated heterocycles. The third kappa shape index (κ3) is 6.04. The highest BCUT2D eigenvalue weighted by atomic mass is 32.2. The largest absolute Gasteiger partial charge is 0.505 e. The van der Waals surface area contributed by atoms with Crippen molar-refractivity contribution >= 4 is 26.8 Å². The van der Waals surface area contributed by atoms with Gasteiger partial charge in [0.2, 0.25) is 0 Å². The van der Waals surface area contributed by atoms with Crippen LogP contribution in [-0.4, -0.2) is 60.8 Å². The van der Waals surface area contributed by atoms with Gasteiger partial charge in [-0.3, -0.25) is 14.6 Å². The molecule has 4 rings (SSSR count). The molecule has 9 nitrogen and oxygen atoms in total. The van der Waals surface area contributed by atoms with Crippen molar-refractivity contribution in [1.82, 2.24) is 14.9 Å². The molecular weight excluding hydrogens is 494 g/mol. The summed E-state index contributed by atoms with van der Waals surface area (Å²) in [6.07, 6.45) is 3.31. The number of H-pyrrole nitrogens is 1. The van der Waals surface area contributed by atoms with Crippen molar-refractivity contribution < 1.29 is 23.1 Å². The molecule has 2 aromatic carbocycles. The summed E-state index contributed by atoms with van der Waals surface area (Å²) in [5.74, 6) is -1.19. The van der Waals surface area contributed by atoms with Crippen molar-refractivity contribution in [3.63, 3.8) is 0 Å². The highest BCUT2D eigenvalue weighted by Crippen LogP contribution is 2.26. The molecule has 0 atom stereocenters. The fourth-order valence-corrected chi connectivity index (χ4v) is 4.63. The van der Waals surface area contributed by atoms with E-state index in [1.54, 1.807) is 24.4 Å². The molecule has 10 heteroatoms. The highest BCUT2D eigenvalue weighted by Gasteiger charge is 2.25. The third-order valence-electron chi connectivity index (χ3n) is 5.92. The molecule has 2 N–H and O–H groups in total. The number of nitrogens with one attached hydrogen (secondary N) is 1. The van der Waals surface area contributed by atoms with Crippen molar-refractivity contribution in [2.24, 2.45) is 0 Å². The Labute approximate surface area is 214 Å². The van der Waals surface area contributed by atoms with E-state index in [2.05, 4.69) is 9.97 Å². The van der Waals surface area contributed by atoms with Crippen LogP contribution in [0.15, 0.2) is 76.6 Å². The number of aromatic amines is 1. The van der Waals surface area contributed by atoms with E-state index in [1.807, 2.05) is 30.3 Å². The van der Waals surface area contributed by atoms with Gasteiger partial charge in [0.15, 0.2) is 15.6 Å². The molecule has 0 aliphatic carbocycles. The van der Waals surface area contributed by atoms with Crippen molar-refractivity contribution in [2.75, 3.05) is 26.5 Å². The van der Waals surface area contributed by atoms with E-state index in [4.69, 9.17) is 4.74 Å². The van der Waals surface area contributed by atoms with Gasteiger partial charge in [0.05, 0.1) is 17.0 Å². The van der Waals surface area contributed by atoms with Crippen LogP contribution in [0.5, 0.6) is 5.75 Å². The molecule has 4 aromatic rings. The van der Waals surface area contributed by atoms with Gasteiger partial charge in [-0.25, -0.2) is 8.42 Å². The summed E-state index contributed by atoms with van der Waals surface area (Å²) in [6, 6.07) is 17.6. The number of methoxy groups -OCH3 is 1. The zero-order valence-corrected chi connectivity index (χ0v) is 21.3. The number of carbonyl (C=O) groups is 1. The van der Waals surface area contributed by atoms with Crippen molar-refractivity contribution in [3.8, 4) is 5.75 Å². The Morgan fingerprint density at radius 2 is 1.76 bits per heavy atom. The van der Waals surface area contributed by atoms with Crippen LogP contribution in [-0.2, 0) is 27.5 Å². The first kappa shape index (κ1) is 26.1. The van der Waals surface area contributed by atoms with E-state index in [-0.39, 0.29) is 30.1 Å². The number of pyridine rings is 2. The number of nitrogens with zero attached hydrogens (tertiary/aromatic N) is 2. The monoisotopic (exact) mass is 521 g/mol. The van der Waals surface area contributed by atoms with Gasteiger partial charge in [0.1, 0.15) is 11.1 Å². The van der Waals surface area contributed by atoms with E-state index in [0.29, 0.717) is 17.5 Å². The number of sulfone groups is 1. The Morgan fingerprint density at radius 1 is 1.05 bits per heavy atom. The molecule has 0 aliphatic heterocycles. The molecule has 2 heterocycles. The van der Waals surface area contributed by atoms with Crippen LogP contribution in [0, 0.1) is 0 Å². The second kappa shape index (κ2) is 10.9. The number of aromatic hydroxyl groups is 1. The molecule has 0 aliphatic rings. The van der Waals surface area contributed by atoms with E-state index < -0.39 is 32.6 Å². The lowest BCUT2D eigenvalue weighted by molar-refractivity contribution is 0.0676. The fraction of sp³-hybridized carbons (Fsp3) is 0.222. The maximum absolute atomic E-state index is 13.4. The summed E-state index contributed by atoms with van der Waals surface area (Å²) in [6.45, 7) is 0.413. The average molecular weight is 522 g/mol. The van der Waals surface area contributed by atoms with E-state index in [0.717, 1.165) is 17.4 Å². The molecule has 192 valence electrons. The first-order valence-corrected chi connectivity index (χ1v) is 13.4. The first-order valence-electron chi connectivity index (χ1n) is 11.5. The lowest BCUT2D eigenvalue weighted by Gasteiger charge is -2.23. The predicted octanol–water partition coefficient (Wildman–Crippen LogP) is 2.91. The van der Waals surface area contributed by atoms with Gasteiger partial charge in [0.25, 0.3) is 11.5 Å². The number of benzene rings is 2. The molecular formula is C27H27N3O6S. The van der Waals surface area contributed by atoms with Crippen molar-refractivity contribution in [1.29, 1.82) is 0 Å². The van der Waals surface area contributed by atoms with Crippen molar-refractivity contribution in [3.05, 3.63) is 99.5 Å². The minimum absolute atomic E-state index is 0.0760. The van der Waals surface area contributed by atoms with Gasteiger partial charge in [-0.2, -0.15) is 0 Å². The summed E-state index contributed by atoms with van der Waals surface area (Å²) in [5, 5.41) is 10.9. The summed E-state index contributed by atoms with van der Waals surface area (Å²) < 4.78 is 28.6. The minimum Gasteiger partial charge on any atom is -0.505 e. The van der Waals surface area contributed by atoms with Crippen LogP contribution in [0.1, 0.15) is 27.0 Å². The maximum atomic E-state index is 13.4. The lowest BCUT2D eigenvalue weighted by Crippen LogP contribution is -2.36. The number of ether oxygens (including phenoxy) is 1. The second-order valence-corrected chi connectivity index (χ2v) is 10.7. The number of aromatic nitrogens is 2. The van der Waals surface area contributed by atoms with Gasteiger partial charge in [-0.15, -0.1) is 0 Å². The zero-order valence-electron chi connectivity index (χ0n) is 20.5. The van der Waals surface area contributed by atoms with E-state index in [9.17, 15) is 23.1 Å². The van der Waals surface area contributed by atoms with Gasteiger partial charge < -0.3 is 19.7 Å². The molecule has 0 fully saturated rings. The minimum atomic E-state index is -3.36.